The predicted molar refractivity (Wildman–Crippen MR) is 122 cm³/mol. The highest BCUT2D eigenvalue weighted by atomic mass is 19.4. The average Bonchev–Trinajstić information content (AvgIpc) is 3.22. The second-order valence-electron chi connectivity index (χ2n) is 7.66. The summed E-state index contributed by atoms with van der Waals surface area (Å²) in [6.45, 7) is 0.904. The minimum Gasteiger partial charge on any atom is -0.403 e. The Hall–Kier alpha value is -4.48. The quantitative estimate of drug-likeness (QED) is 0.421. The molecular weight excluding hydrogens is 463 g/mol. The van der Waals surface area contributed by atoms with E-state index in [1.54, 1.807) is 36.7 Å². The summed E-state index contributed by atoms with van der Waals surface area (Å²) in [6.07, 6.45) is -0.704. The summed E-state index contributed by atoms with van der Waals surface area (Å²) in [4.78, 5) is 23.0. The van der Waals surface area contributed by atoms with E-state index in [4.69, 9.17) is 4.42 Å². The Bertz CT molecular complexity index is 1360. The fraction of sp³-hybridized carbons (Fsp3) is 0.174. The van der Waals surface area contributed by atoms with Crippen molar-refractivity contribution in [1.82, 2.24) is 20.2 Å². The Morgan fingerprint density at radius 1 is 1.09 bits per heavy atom. The summed E-state index contributed by atoms with van der Waals surface area (Å²) in [7, 11) is 0. The number of rotatable bonds is 3. The van der Waals surface area contributed by atoms with Crippen molar-refractivity contribution >= 4 is 23.6 Å². The molecule has 0 spiro atoms. The zero-order valence-corrected chi connectivity index (χ0v) is 18.1. The molecule has 0 saturated heterocycles. The number of pyridine rings is 2. The molecule has 2 N–H and O–H groups in total. The van der Waals surface area contributed by atoms with Crippen molar-refractivity contribution in [2.75, 3.05) is 28.6 Å². The van der Waals surface area contributed by atoms with E-state index in [0.717, 1.165) is 12.1 Å². The van der Waals surface area contributed by atoms with Gasteiger partial charge in [-0.2, -0.15) is 13.2 Å². The number of anilines is 3. The van der Waals surface area contributed by atoms with Gasteiger partial charge in [-0.15, -0.1) is 5.10 Å². The number of aromatic nitrogens is 4. The van der Waals surface area contributed by atoms with Crippen LogP contribution in [0, 0.1) is 0 Å². The zero-order valence-electron chi connectivity index (χ0n) is 18.1. The number of urea groups is 1. The van der Waals surface area contributed by atoms with Crippen LogP contribution in [0.4, 0.5) is 35.5 Å². The third kappa shape index (κ3) is 4.76. The predicted octanol–water partition coefficient (Wildman–Crippen LogP) is 5.07. The largest absolute Gasteiger partial charge is 0.416 e. The normalized spacial score (nSPS) is 13.5. The van der Waals surface area contributed by atoms with Crippen LogP contribution in [0.5, 0.6) is 0 Å². The molecule has 9 nitrogen and oxygen atoms in total. The van der Waals surface area contributed by atoms with E-state index in [2.05, 4.69) is 30.8 Å². The molecule has 0 aliphatic carbocycles. The topological polar surface area (TPSA) is 109 Å². The molecule has 0 saturated carbocycles. The Labute approximate surface area is 197 Å². The third-order valence-electron chi connectivity index (χ3n) is 5.28. The number of carbonyl (C=O) groups is 1. The molecule has 0 unspecified atom stereocenters. The van der Waals surface area contributed by atoms with Crippen LogP contribution in [0.25, 0.3) is 22.7 Å². The lowest BCUT2D eigenvalue weighted by molar-refractivity contribution is -0.137. The molecule has 178 valence electrons. The van der Waals surface area contributed by atoms with Gasteiger partial charge < -0.3 is 9.73 Å². The molecule has 0 radical (unpaired) electrons. The number of carbonyl (C=O) groups excluding carboxylic acids is 1. The van der Waals surface area contributed by atoms with Gasteiger partial charge in [0.25, 0.3) is 5.89 Å². The van der Waals surface area contributed by atoms with Crippen LogP contribution >= 0.6 is 0 Å². The van der Waals surface area contributed by atoms with Crippen LogP contribution in [-0.4, -0.2) is 39.3 Å². The maximum atomic E-state index is 13.2. The van der Waals surface area contributed by atoms with Gasteiger partial charge in [-0.3, -0.25) is 15.2 Å². The maximum absolute atomic E-state index is 13.2. The van der Waals surface area contributed by atoms with Gasteiger partial charge in [0.15, 0.2) is 5.82 Å². The van der Waals surface area contributed by atoms with Crippen molar-refractivity contribution in [3.05, 3.63) is 66.5 Å². The van der Waals surface area contributed by atoms with E-state index < -0.39 is 17.8 Å². The molecule has 4 aromatic rings. The first-order valence-electron chi connectivity index (χ1n) is 10.6. The first kappa shape index (κ1) is 22.3. The van der Waals surface area contributed by atoms with E-state index in [1.807, 2.05) is 0 Å². The second-order valence-corrected chi connectivity index (χ2v) is 7.66. The van der Waals surface area contributed by atoms with E-state index >= 15 is 0 Å². The van der Waals surface area contributed by atoms with Gasteiger partial charge in [0.05, 0.1) is 22.5 Å². The molecule has 1 aromatic carbocycles. The highest BCUT2D eigenvalue weighted by Gasteiger charge is 2.31. The summed E-state index contributed by atoms with van der Waals surface area (Å²) in [5.74, 6) is 0.471. The number of hydrogen-bond acceptors (Lipinski definition) is 7. The van der Waals surface area contributed by atoms with E-state index in [-0.39, 0.29) is 23.3 Å². The van der Waals surface area contributed by atoms with Gasteiger partial charge >= 0.3 is 18.2 Å². The molecule has 4 heterocycles. The molecule has 1 aliphatic heterocycles. The number of nitrogens with one attached hydrogen (secondary N) is 2. The number of benzene rings is 1. The number of hydrogen-bond donors (Lipinski definition) is 2. The lowest BCUT2D eigenvalue weighted by Crippen LogP contribution is -2.36. The molecule has 3 aromatic heterocycles. The highest BCUT2D eigenvalue weighted by molar-refractivity contribution is 6.02. The Kier molecular flexibility index (Phi) is 5.77. The number of nitrogens with zero attached hydrogens (tertiary/aromatic N) is 5. The Morgan fingerprint density at radius 3 is 2.74 bits per heavy atom. The molecule has 2 amide bonds. The first-order valence-corrected chi connectivity index (χ1v) is 10.6. The molecule has 0 atom stereocenters. The van der Waals surface area contributed by atoms with Crippen molar-refractivity contribution in [3.63, 3.8) is 0 Å². The highest BCUT2D eigenvalue weighted by Crippen LogP contribution is 2.34. The van der Waals surface area contributed by atoms with Crippen molar-refractivity contribution in [2.24, 2.45) is 0 Å². The van der Waals surface area contributed by atoms with Gasteiger partial charge in [-0.25, -0.2) is 9.78 Å². The molecule has 12 heteroatoms. The average molecular weight is 481 g/mol. The van der Waals surface area contributed by atoms with Crippen LogP contribution in [0.3, 0.4) is 0 Å². The SMILES string of the molecule is O=C(Nc1nnc(-c2cccnc2)o1)N1CCCNc2ccc(-c3cccc(C(F)(F)F)c3)nc21. The first-order chi connectivity index (χ1) is 16.9. The Balaban J connectivity index is 1.43. The molecule has 35 heavy (non-hydrogen) atoms. The molecular formula is C23H18F3N7O2. The summed E-state index contributed by atoms with van der Waals surface area (Å²) >= 11 is 0. The van der Waals surface area contributed by atoms with Crippen molar-refractivity contribution in [2.45, 2.75) is 12.6 Å². The smallest absolute Gasteiger partial charge is 0.403 e. The summed E-state index contributed by atoms with van der Waals surface area (Å²) < 4.78 is 45.1. The Morgan fingerprint density at radius 2 is 1.94 bits per heavy atom. The van der Waals surface area contributed by atoms with E-state index in [1.165, 1.54) is 17.0 Å². The number of amides is 2. The molecule has 0 bridgehead atoms. The summed E-state index contributed by atoms with van der Waals surface area (Å²) in [5, 5.41) is 13.5. The van der Waals surface area contributed by atoms with Crippen molar-refractivity contribution in [1.29, 1.82) is 0 Å². The van der Waals surface area contributed by atoms with Crippen LogP contribution in [0.1, 0.15) is 12.0 Å². The number of fused-ring (bicyclic) bond motifs is 1. The lowest BCUT2D eigenvalue weighted by atomic mass is 10.1. The lowest BCUT2D eigenvalue weighted by Gasteiger charge is -2.21. The second kappa shape index (κ2) is 9.05. The summed E-state index contributed by atoms with van der Waals surface area (Å²) in [5.41, 5.74) is 0.977. The standard InChI is InChI=1S/C23H18F3N7O2/c24-23(25,26)16-6-1-4-14(12-16)17-7-8-18-19(29-17)33(11-3-10-28-18)22(34)30-21-32-31-20(35-21)15-5-2-9-27-13-15/h1-2,4-9,12-13,28H,3,10-11H2,(H,30,32,34). The fourth-order valence-corrected chi connectivity index (χ4v) is 3.61. The van der Waals surface area contributed by atoms with Crippen LogP contribution in [0.15, 0.2) is 65.3 Å². The van der Waals surface area contributed by atoms with E-state index in [0.29, 0.717) is 36.5 Å². The minimum atomic E-state index is -4.48. The third-order valence-corrected chi connectivity index (χ3v) is 5.28. The molecule has 5 rings (SSSR count). The van der Waals surface area contributed by atoms with Gasteiger partial charge in [0, 0.05) is 31.0 Å². The van der Waals surface area contributed by atoms with Crippen LogP contribution in [-0.2, 0) is 6.18 Å². The maximum Gasteiger partial charge on any atom is 0.416 e. The minimum absolute atomic E-state index is 0.110. The zero-order chi connectivity index (χ0) is 24.4. The monoisotopic (exact) mass is 481 g/mol. The van der Waals surface area contributed by atoms with Crippen molar-refractivity contribution < 1.29 is 22.4 Å². The van der Waals surface area contributed by atoms with Crippen LogP contribution in [0.2, 0.25) is 0 Å². The van der Waals surface area contributed by atoms with Gasteiger partial charge in [0.2, 0.25) is 0 Å². The number of alkyl halides is 3. The van der Waals surface area contributed by atoms with Gasteiger partial charge in [-0.1, -0.05) is 17.2 Å². The van der Waals surface area contributed by atoms with Gasteiger partial charge in [0.1, 0.15) is 0 Å². The van der Waals surface area contributed by atoms with Crippen LogP contribution < -0.4 is 15.5 Å². The molecule has 0 fully saturated rings. The van der Waals surface area contributed by atoms with E-state index in [9.17, 15) is 18.0 Å². The molecule has 1 aliphatic rings. The number of halogens is 3. The van der Waals surface area contributed by atoms with Crippen molar-refractivity contribution in [3.8, 4) is 22.7 Å². The summed E-state index contributed by atoms with van der Waals surface area (Å²) in [6, 6.07) is 11.0. The fourth-order valence-electron chi connectivity index (χ4n) is 3.61. The van der Waals surface area contributed by atoms with Gasteiger partial charge in [-0.05, 0) is 42.8 Å².